The lowest BCUT2D eigenvalue weighted by atomic mass is 9.71. The lowest BCUT2D eigenvalue weighted by Crippen LogP contribution is -2.43. The largest absolute Gasteiger partial charge is 0.382 e. The average Bonchev–Trinajstić information content (AvgIpc) is 2.78. The van der Waals surface area contributed by atoms with E-state index in [0.29, 0.717) is 16.9 Å². The summed E-state index contributed by atoms with van der Waals surface area (Å²) >= 11 is 0. The van der Waals surface area contributed by atoms with Gasteiger partial charge in [-0.1, -0.05) is 12.2 Å². The fourth-order valence-corrected chi connectivity index (χ4v) is 3.93. The van der Waals surface area contributed by atoms with Gasteiger partial charge in [-0.25, -0.2) is 12.7 Å². The topological polar surface area (TPSA) is 49.4 Å². The van der Waals surface area contributed by atoms with E-state index in [1.54, 1.807) is 26.2 Å². The first-order chi connectivity index (χ1) is 9.48. The van der Waals surface area contributed by atoms with E-state index in [2.05, 4.69) is 17.5 Å². The van der Waals surface area contributed by atoms with Crippen LogP contribution in [0.3, 0.4) is 0 Å². The third-order valence-electron chi connectivity index (χ3n) is 4.35. The molecule has 2 aliphatic carbocycles. The number of fused-ring (bicyclic) bond motifs is 1. The molecular formula is C15H20N2O2S. The summed E-state index contributed by atoms with van der Waals surface area (Å²) in [6.07, 6.45) is 6.98. The van der Waals surface area contributed by atoms with Crippen molar-refractivity contribution in [1.29, 1.82) is 0 Å². The molecule has 0 aliphatic heterocycles. The molecule has 0 bridgehead atoms. The molecule has 4 nitrogen and oxygen atoms in total. The summed E-state index contributed by atoms with van der Waals surface area (Å²) in [6.45, 7) is 0. The van der Waals surface area contributed by atoms with Crippen LogP contribution in [0.5, 0.6) is 0 Å². The summed E-state index contributed by atoms with van der Waals surface area (Å²) in [5, 5.41) is 3.50. The second-order valence-electron chi connectivity index (χ2n) is 5.80. The Morgan fingerprint density at radius 1 is 1.20 bits per heavy atom. The van der Waals surface area contributed by atoms with Crippen molar-refractivity contribution in [2.75, 3.05) is 19.4 Å². The maximum atomic E-state index is 12.0. The van der Waals surface area contributed by atoms with Crippen LogP contribution in [0.25, 0.3) is 0 Å². The van der Waals surface area contributed by atoms with Crippen molar-refractivity contribution in [2.45, 2.75) is 23.8 Å². The normalized spacial score (nSPS) is 28.2. The van der Waals surface area contributed by atoms with Gasteiger partial charge in [0.15, 0.2) is 0 Å². The Kier molecular flexibility index (Phi) is 3.34. The second-order valence-corrected chi connectivity index (χ2v) is 7.95. The summed E-state index contributed by atoms with van der Waals surface area (Å²) in [4.78, 5) is 0.334. The van der Waals surface area contributed by atoms with Crippen LogP contribution in [0.1, 0.15) is 12.8 Å². The molecule has 3 atom stereocenters. The van der Waals surface area contributed by atoms with E-state index >= 15 is 0 Å². The average molecular weight is 292 g/mol. The molecule has 108 valence electrons. The molecule has 0 heterocycles. The third kappa shape index (κ3) is 2.25. The lowest BCUT2D eigenvalue weighted by Gasteiger charge is -2.41. The number of anilines is 1. The van der Waals surface area contributed by atoms with E-state index in [1.165, 1.54) is 17.1 Å². The standard InChI is InChI=1S/C15H20N2O2S/c1-17(2)20(18,19)13-8-6-12(7-9-13)16-15-10-11-4-3-5-14(11)15/h3,5-9,11,14-16H,4,10H2,1-2H3. The Labute approximate surface area is 120 Å². The summed E-state index contributed by atoms with van der Waals surface area (Å²) in [5.74, 6) is 1.47. The molecule has 3 rings (SSSR count). The fraction of sp³-hybridized carbons (Fsp3) is 0.467. The molecule has 0 aromatic heterocycles. The molecule has 0 saturated heterocycles. The van der Waals surface area contributed by atoms with Crippen molar-refractivity contribution in [2.24, 2.45) is 11.8 Å². The van der Waals surface area contributed by atoms with Crippen LogP contribution in [-0.4, -0.2) is 32.9 Å². The third-order valence-corrected chi connectivity index (χ3v) is 6.18. The summed E-state index contributed by atoms with van der Waals surface area (Å²) in [6, 6.07) is 7.52. The Morgan fingerprint density at radius 3 is 2.50 bits per heavy atom. The minimum absolute atomic E-state index is 0.334. The van der Waals surface area contributed by atoms with Gasteiger partial charge in [-0.05, 0) is 43.0 Å². The van der Waals surface area contributed by atoms with Crippen LogP contribution < -0.4 is 5.32 Å². The molecule has 0 radical (unpaired) electrons. The van der Waals surface area contributed by atoms with E-state index in [0.717, 1.165) is 11.6 Å². The van der Waals surface area contributed by atoms with Gasteiger partial charge in [0.2, 0.25) is 10.0 Å². The number of allylic oxidation sites excluding steroid dienone is 1. The molecule has 20 heavy (non-hydrogen) atoms. The van der Waals surface area contributed by atoms with Crippen molar-refractivity contribution < 1.29 is 8.42 Å². The maximum Gasteiger partial charge on any atom is 0.242 e. The van der Waals surface area contributed by atoms with Gasteiger partial charge < -0.3 is 5.32 Å². The molecule has 3 unspecified atom stereocenters. The van der Waals surface area contributed by atoms with Crippen molar-refractivity contribution >= 4 is 15.7 Å². The SMILES string of the molecule is CN(C)S(=O)(=O)c1ccc(NC2CC3CC=CC32)cc1. The smallest absolute Gasteiger partial charge is 0.242 e. The Hall–Kier alpha value is -1.33. The van der Waals surface area contributed by atoms with Crippen molar-refractivity contribution in [1.82, 2.24) is 4.31 Å². The van der Waals surface area contributed by atoms with Crippen molar-refractivity contribution in [3.05, 3.63) is 36.4 Å². The monoisotopic (exact) mass is 292 g/mol. The molecule has 0 spiro atoms. The van der Waals surface area contributed by atoms with Gasteiger partial charge >= 0.3 is 0 Å². The predicted molar refractivity (Wildman–Crippen MR) is 80.1 cm³/mol. The molecule has 0 amide bonds. The van der Waals surface area contributed by atoms with Gasteiger partial charge in [-0.2, -0.15) is 0 Å². The number of rotatable bonds is 4. The molecule has 1 N–H and O–H groups in total. The van der Waals surface area contributed by atoms with Gasteiger partial charge in [0.1, 0.15) is 0 Å². The van der Waals surface area contributed by atoms with E-state index in [-0.39, 0.29) is 0 Å². The molecule has 5 heteroatoms. The second kappa shape index (κ2) is 4.90. The van der Waals surface area contributed by atoms with Crippen molar-refractivity contribution in [3.8, 4) is 0 Å². The molecular weight excluding hydrogens is 272 g/mol. The van der Waals surface area contributed by atoms with E-state index in [4.69, 9.17) is 0 Å². The number of sulfonamides is 1. The Bertz CT molecular complexity index is 620. The zero-order chi connectivity index (χ0) is 14.3. The highest BCUT2D eigenvalue weighted by atomic mass is 32.2. The van der Waals surface area contributed by atoms with Crippen LogP contribution in [0, 0.1) is 11.8 Å². The Morgan fingerprint density at radius 2 is 1.90 bits per heavy atom. The number of nitrogens with one attached hydrogen (secondary N) is 1. The number of hydrogen-bond donors (Lipinski definition) is 1. The van der Waals surface area contributed by atoms with Crippen LogP contribution in [-0.2, 0) is 10.0 Å². The first-order valence-electron chi connectivity index (χ1n) is 6.94. The molecule has 2 aliphatic rings. The number of nitrogens with zero attached hydrogens (tertiary/aromatic N) is 1. The van der Waals surface area contributed by atoms with Gasteiger partial charge in [0.05, 0.1) is 4.90 Å². The minimum atomic E-state index is -3.33. The highest BCUT2D eigenvalue weighted by Gasteiger charge is 2.40. The first-order valence-corrected chi connectivity index (χ1v) is 8.38. The number of hydrogen-bond acceptors (Lipinski definition) is 3. The Balaban J connectivity index is 1.69. The van der Waals surface area contributed by atoms with Crippen LogP contribution in [0.4, 0.5) is 5.69 Å². The molecule has 1 aromatic carbocycles. The zero-order valence-electron chi connectivity index (χ0n) is 11.8. The van der Waals surface area contributed by atoms with Gasteiger partial charge in [0.25, 0.3) is 0 Å². The maximum absolute atomic E-state index is 12.0. The van der Waals surface area contributed by atoms with Crippen LogP contribution in [0.2, 0.25) is 0 Å². The number of benzene rings is 1. The van der Waals surface area contributed by atoms with E-state index in [1.807, 2.05) is 12.1 Å². The summed E-state index contributed by atoms with van der Waals surface area (Å²) in [5.41, 5.74) is 0.992. The van der Waals surface area contributed by atoms with Crippen LogP contribution in [0.15, 0.2) is 41.3 Å². The van der Waals surface area contributed by atoms with Crippen molar-refractivity contribution in [3.63, 3.8) is 0 Å². The predicted octanol–water partition coefficient (Wildman–Crippen LogP) is 2.31. The fourth-order valence-electron chi connectivity index (χ4n) is 3.03. The zero-order valence-corrected chi connectivity index (χ0v) is 12.6. The van der Waals surface area contributed by atoms with Crippen LogP contribution >= 0.6 is 0 Å². The highest BCUT2D eigenvalue weighted by molar-refractivity contribution is 7.89. The van der Waals surface area contributed by atoms with Gasteiger partial charge in [0, 0.05) is 31.7 Å². The van der Waals surface area contributed by atoms with Gasteiger partial charge in [-0.3, -0.25) is 0 Å². The minimum Gasteiger partial charge on any atom is -0.382 e. The van der Waals surface area contributed by atoms with E-state index in [9.17, 15) is 8.42 Å². The molecule has 1 saturated carbocycles. The highest BCUT2D eigenvalue weighted by Crippen LogP contribution is 2.44. The quantitative estimate of drug-likeness (QED) is 0.866. The van der Waals surface area contributed by atoms with Gasteiger partial charge in [-0.15, -0.1) is 0 Å². The first kappa shape index (κ1) is 13.6. The summed E-state index contributed by atoms with van der Waals surface area (Å²) in [7, 11) is -0.245. The molecule has 1 fully saturated rings. The summed E-state index contributed by atoms with van der Waals surface area (Å²) < 4.78 is 25.2. The molecule has 1 aromatic rings. The lowest BCUT2D eigenvalue weighted by molar-refractivity contribution is 0.218. The van der Waals surface area contributed by atoms with E-state index < -0.39 is 10.0 Å².